The molecule has 2 unspecified atom stereocenters. The van der Waals surface area contributed by atoms with Crippen LogP contribution in [0.1, 0.15) is 24.7 Å². The fourth-order valence-corrected chi connectivity index (χ4v) is 2.47. The van der Waals surface area contributed by atoms with E-state index in [9.17, 15) is 5.11 Å². The number of aliphatic hydroxyl groups is 1. The van der Waals surface area contributed by atoms with Gasteiger partial charge in [-0.2, -0.15) is 0 Å². The minimum absolute atomic E-state index is 0.175. The second-order valence-electron chi connectivity index (χ2n) is 5.09. The van der Waals surface area contributed by atoms with Crippen LogP contribution in [0.4, 0.5) is 0 Å². The topological polar surface area (TPSA) is 48.4 Å². The van der Waals surface area contributed by atoms with Crippen LogP contribution in [0.25, 0.3) is 0 Å². The van der Waals surface area contributed by atoms with Gasteiger partial charge in [0.15, 0.2) is 0 Å². The van der Waals surface area contributed by atoms with Gasteiger partial charge in [-0.05, 0) is 32.0 Å². The molecule has 1 aliphatic heterocycles. The number of hydrogen-bond donors (Lipinski definition) is 2. The molecule has 2 rings (SSSR count). The number of nitrogens with one attached hydrogen (secondary N) is 1. The molecular formula is C14H23N3O. The Hall–Kier alpha value is -0.970. The number of nitrogens with zero attached hydrogens (tertiary/aromatic N) is 2. The molecule has 0 aromatic carbocycles. The normalized spacial score (nSPS) is 23.8. The number of likely N-dealkylation sites (N-methyl/N-ethyl adjacent to an activating group) is 1. The van der Waals surface area contributed by atoms with E-state index in [-0.39, 0.29) is 6.10 Å². The van der Waals surface area contributed by atoms with Crippen molar-refractivity contribution in [1.82, 2.24) is 15.2 Å². The van der Waals surface area contributed by atoms with Crippen molar-refractivity contribution in [2.24, 2.45) is 0 Å². The van der Waals surface area contributed by atoms with Crippen LogP contribution in [0.15, 0.2) is 18.2 Å². The summed E-state index contributed by atoms with van der Waals surface area (Å²) in [5.41, 5.74) is 2.19. The van der Waals surface area contributed by atoms with E-state index in [1.165, 1.54) is 0 Å². The first-order chi connectivity index (χ1) is 8.67. The minimum Gasteiger partial charge on any atom is -0.392 e. The van der Waals surface area contributed by atoms with Gasteiger partial charge >= 0.3 is 0 Å². The molecule has 18 heavy (non-hydrogen) atoms. The van der Waals surface area contributed by atoms with Crippen molar-refractivity contribution in [1.29, 1.82) is 0 Å². The van der Waals surface area contributed by atoms with Crippen molar-refractivity contribution < 1.29 is 5.11 Å². The summed E-state index contributed by atoms with van der Waals surface area (Å²) in [5.74, 6) is 0. The van der Waals surface area contributed by atoms with Gasteiger partial charge in [0.2, 0.25) is 0 Å². The summed E-state index contributed by atoms with van der Waals surface area (Å²) in [6.45, 7) is 7.78. The SMILES string of the molecule is CCN(Cc1cccc(C)n1)CC1CC(O)CN1. The van der Waals surface area contributed by atoms with Gasteiger partial charge in [-0.15, -0.1) is 0 Å². The van der Waals surface area contributed by atoms with Crippen LogP contribution in [0.2, 0.25) is 0 Å². The second kappa shape index (κ2) is 6.27. The highest BCUT2D eigenvalue weighted by atomic mass is 16.3. The monoisotopic (exact) mass is 249 g/mol. The van der Waals surface area contributed by atoms with Gasteiger partial charge in [-0.3, -0.25) is 9.88 Å². The maximum Gasteiger partial charge on any atom is 0.0680 e. The molecule has 0 aliphatic carbocycles. The third-order valence-electron chi connectivity index (χ3n) is 3.46. The molecule has 1 aliphatic rings. The molecule has 1 aromatic heterocycles. The fraction of sp³-hybridized carbons (Fsp3) is 0.643. The van der Waals surface area contributed by atoms with Crippen LogP contribution in [-0.2, 0) is 6.54 Å². The summed E-state index contributed by atoms with van der Waals surface area (Å²) in [5, 5.41) is 12.9. The summed E-state index contributed by atoms with van der Waals surface area (Å²) >= 11 is 0. The zero-order valence-electron chi connectivity index (χ0n) is 11.3. The molecule has 0 amide bonds. The zero-order chi connectivity index (χ0) is 13.0. The fourth-order valence-electron chi connectivity index (χ4n) is 2.47. The molecule has 0 saturated carbocycles. The number of aromatic nitrogens is 1. The van der Waals surface area contributed by atoms with Gasteiger partial charge in [0, 0.05) is 31.4 Å². The van der Waals surface area contributed by atoms with E-state index < -0.39 is 0 Å². The maximum atomic E-state index is 9.52. The molecule has 0 radical (unpaired) electrons. The van der Waals surface area contributed by atoms with Crippen molar-refractivity contribution in [3.63, 3.8) is 0 Å². The number of pyridine rings is 1. The number of hydrogen-bond acceptors (Lipinski definition) is 4. The van der Waals surface area contributed by atoms with Crippen molar-refractivity contribution in [3.05, 3.63) is 29.6 Å². The highest BCUT2D eigenvalue weighted by molar-refractivity contribution is 5.09. The van der Waals surface area contributed by atoms with Crippen LogP contribution in [0.3, 0.4) is 0 Å². The van der Waals surface area contributed by atoms with Crippen LogP contribution < -0.4 is 5.32 Å². The van der Waals surface area contributed by atoms with Gasteiger partial charge in [0.1, 0.15) is 0 Å². The lowest BCUT2D eigenvalue weighted by Gasteiger charge is -2.23. The molecule has 2 heterocycles. The largest absolute Gasteiger partial charge is 0.392 e. The van der Waals surface area contributed by atoms with Crippen LogP contribution in [-0.4, -0.2) is 46.8 Å². The second-order valence-corrected chi connectivity index (χ2v) is 5.09. The Kier molecular flexibility index (Phi) is 4.69. The molecule has 2 N–H and O–H groups in total. The predicted octanol–water partition coefficient (Wildman–Crippen LogP) is 0.935. The van der Waals surface area contributed by atoms with E-state index in [0.717, 1.165) is 44.0 Å². The first-order valence-corrected chi connectivity index (χ1v) is 6.73. The summed E-state index contributed by atoms with van der Waals surface area (Å²) < 4.78 is 0. The molecule has 1 aromatic rings. The number of aliphatic hydroxyl groups excluding tert-OH is 1. The Morgan fingerprint density at radius 1 is 1.50 bits per heavy atom. The highest BCUT2D eigenvalue weighted by Crippen LogP contribution is 2.10. The molecule has 4 heteroatoms. The lowest BCUT2D eigenvalue weighted by atomic mass is 10.2. The minimum atomic E-state index is -0.175. The van der Waals surface area contributed by atoms with Gasteiger partial charge in [-0.1, -0.05) is 13.0 Å². The van der Waals surface area contributed by atoms with E-state index in [1.807, 2.05) is 13.0 Å². The quantitative estimate of drug-likeness (QED) is 0.815. The Labute approximate surface area is 109 Å². The Morgan fingerprint density at radius 2 is 2.33 bits per heavy atom. The maximum absolute atomic E-state index is 9.52. The first-order valence-electron chi connectivity index (χ1n) is 6.73. The van der Waals surface area contributed by atoms with E-state index in [2.05, 4.69) is 34.3 Å². The predicted molar refractivity (Wildman–Crippen MR) is 72.3 cm³/mol. The summed E-state index contributed by atoms with van der Waals surface area (Å²) in [7, 11) is 0. The van der Waals surface area contributed by atoms with Crippen LogP contribution in [0.5, 0.6) is 0 Å². The molecule has 1 saturated heterocycles. The highest BCUT2D eigenvalue weighted by Gasteiger charge is 2.23. The van der Waals surface area contributed by atoms with Gasteiger partial charge in [-0.25, -0.2) is 0 Å². The summed E-state index contributed by atoms with van der Waals surface area (Å²) in [4.78, 5) is 6.91. The average Bonchev–Trinajstić information content (AvgIpc) is 2.74. The molecule has 0 bridgehead atoms. The lowest BCUT2D eigenvalue weighted by Crippen LogP contribution is -2.37. The first kappa shape index (κ1) is 13.5. The number of β-amino-alcohol motifs (C(OH)–C–C–N with tert-alkyl or cyclic N) is 1. The van der Waals surface area contributed by atoms with Crippen molar-refractivity contribution >= 4 is 0 Å². The zero-order valence-corrected chi connectivity index (χ0v) is 11.3. The van der Waals surface area contributed by atoms with Gasteiger partial charge in [0.25, 0.3) is 0 Å². The average molecular weight is 249 g/mol. The van der Waals surface area contributed by atoms with Crippen LogP contribution in [0, 0.1) is 6.92 Å². The summed E-state index contributed by atoms with van der Waals surface area (Å²) in [6.07, 6.45) is 0.684. The third-order valence-corrected chi connectivity index (χ3v) is 3.46. The Morgan fingerprint density at radius 3 is 2.94 bits per heavy atom. The van der Waals surface area contributed by atoms with E-state index >= 15 is 0 Å². The Bertz CT molecular complexity index is 383. The lowest BCUT2D eigenvalue weighted by molar-refractivity contribution is 0.186. The van der Waals surface area contributed by atoms with Gasteiger partial charge < -0.3 is 10.4 Å². The summed E-state index contributed by atoms with van der Waals surface area (Å²) in [6, 6.07) is 6.56. The van der Waals surface area contributed by atoms with Crippen molar-refractivity contribution in [2.75, 3.05) is 19.6 Å². The van der Waals surface area contributed by atoms with Crippen molar-refractivity contribution in [2.45, 2.75) is 39.0 Å². The third kappa shape index (κ3) is 3.77. The number of rotatable bonds is 5. The van der Waals surface area contributed by atoms with Crippen LogP contribution >= 0.6 is 0 Å². The van der Waals surface area contributed by atoms with E-state index in [0.29, 0.717) is 6.04 Å². The van der Waals surface area contributed by atoms with E-state index in [1.54, 1.807) is 0 Å². The molecule has 100 valence electrons. The smallest absolute Gasteiger partial charge is 0.0680 e. The molecular weight excluding hydrogens is 226 g/mol. The van der Waals surface area contributed by atoms with Gasteiger partial charge in [0.05, 0.1) is 11.8 Å². The van der Waals surface area contributed by atoms with Crippen molar-refractivity contribution in [3.8, 4) is 0 Å². The Balaban J connectivity index is 1.89. The van der Waals surface area contributed by atoms with E-state index in [4.69, 9.17) is 0 Å². The standard InChI is InChI=1S/C14H23N3O/c1-3-17(10-13-7-14(18)8-15-13)9-12-6-4-5-11(2)16-12/h4-6,13-15,18H,3,7-10H2,1-2H3. The number of aryl methyl sites for hydroxylation is 1. The molecule has 4 nitrogen and oxygen atoms in total. The molecule has 0 spiro atoms. The molecule has 2 atom stereocenters. The molecule has 1 fully saturated rings.